The number of fused-ring (bicyclic) bond motifs is 1. The number of amides is 1. The second kappa shape index (κ2) is 7.97. The summed E-state index contributed by atoms with van der Waals surface area (Å²) in [6.45, 7) is -0.103. The topological polar surface area (TPSA) is 59.9 Å². The molecule has 126 valence electrons. The number of methoxy groups -OCH3 is 1. The van der Waals surface area contributed by atoms with Gasteiger partial charge < -0.3 is 9.47 Å². The van der Waals surface area contributed by atoms with Crippen molar-refractivity contribution in [3.05, 3.63) is 72.3 Å². The fraction of sp³-hybridized carbons (Fsp3) is 0.100. The number of nitrogens with one attached hydrogen (secondary N) is 1. The van der Waals surface area contributed by atoms with Gasteiger partial charge in [-0.2, -0.15) is 5.10 Å². The first-order chi connectivity index (χ1) is 12.2. The molecule has 0 aromatic heterocycles. The minimum Gasteiger partial charge on any atom is -0.497 e. The van der Waals surface area contributed by atoms with Crippen LogP contribution in [0.4, 0.5) is 0 Å². The van der Waals surface area contributed by atoms with Gasteiger partial charge in [-0.05, 0) is 40.6 Å². The summed E-state index contributed by atoms with van der Waals surface area (Å²) in [6.07, 6.45) is 1.55. The van der Waals surface area contributed by atoms with E-state index >= 15 is 0 Å². The number of ether oxygens (including phenoxy) is 2. The Labute approximate surface area is 145 Å². The van der Waals surface area contributed by atoms with E-state index in [9.17, 15) is 4.79 Å². The van der Waals surface area contributed by atoms with Crippen LogP contribution in [0, 0.1) is 0 Å². The summed E-state index contributed by atoms with van der Waals surface area (Å²) in [7, 11) is 1.60. The minimum atomic E-state index is -0.327. The quantitative estimate of drug-likeness (QED) is 0.555. The molecule has 0 atom stereocenters. The van der Waals surface area contributed by atoms with Gasteiger partial charge in [-0.15, -0.1) is 0 Å². The monoisotopic (exact) mass is 334 g/mol. The molecule has 5 heteroatoms. The molecule has 0 aliphatic carbocycles. The number of carbonyl (C=O) groups excluding carboxylic acids is 1. The average molecular weight is 334 g/mol. The van der Waals surface area contributed by atoms with Crippen LogP contribution >= 0.6 is 0 Å². The van der Waals surface area contributed by atoms with Crippen molar-refractivity contribution in [2.45, 2.75) is 0 Å². The van der Waals surface area contributed by atoms with Gasteiger partial charge in [0, 0.05) is 0 Å². The molecule has 3 rings (SSSR count). The first-order valence-corrected chi connectivity index (χ1v) is 7.82. The summed E-state index contributed by atoms with van der Waals surface area (Å²) in [6, 6.07) is 21.1. The van der Waals surface area contributed by atoms with Crippen LogP contribution in [0.3, 0.4) is 0 Å². The van der Waals surface area contributed by atoms with Crippen LogP contribution in [-0.2, 0) is 4.79 Å². The van der Waals surface area contributed by atoms with E-state index < -0.39 is 0 Å². The third-order valence-electron chi connectivity index (χ3n) is 3.59. The third kappa shape index (κ3) is 4.57. The smallest absolute Gasteiger partial charge is 0.277 e. The highest BCUT2D eigenvalue weighted by Gasteiger charge is 2.02. The minimum absolute atomic E-state index is 0.103. The molecule has 0 bridgehead atoms. The molecule has 1 N–H and O–H groups in total. The van der Waals surface area contributed by atoms with Crippen molar-refractivity contribution in [3.63, 3.8) is 0 Å². The van der Waals surface area contributed by atoms with Gasteiger partial charge in [0.1, 0.15) is 11.5 Å². The van der Waals surface area contributed by atoms with Crippen molar-refractivity contribution in [1.82, 2.24) is 5.43 Å². The maximum atomic E-state index is 11.8. The molecular weight excluding hydrogens is 316 g/mol. The van der Waals surface area contributed by atoms with Gasteiger partial charge in [0.15, 0.2) is 6.61 Å². The van der Waals surface area contributed by atoms with Gasteiger partial charge in [-0.25, -0.2) is 5.43 Å². The van der Waals surface area contributed by atoms with Gasteiger partial charge >= 0.3 is 0 Å². The van der Waals surface area contributed by atoms with E-state index in [0.29, 0.717) is 5.75 Å². The summed E-state index contributed by atoms with van der Waals surface area (Å²) in [5.41, 5.74) is 3.27. The Morgan fingerprint density at radius 2 is 1.84 bits per heavy atom. The molecule has 5 nitrogen and oxygen atoms in total. The van der Waals surface area contributed by atoms with Crippen molar-refractivity contribution >= 4 is 22.9 Å². The van der Waals surface area contributed by atoms with Crippen LogP contribution in [0.2, 0.25) is 0 Å². The predicted octanol–water partition coefficient (Wildman–Crippen LogP) is 3.38. The summed E-state index contributed by atoms with van der Waals surface area (Å²) < 4.78 is 10.6. The second-order valence-corrected chi connectivity index (χ2v) is 5.37. The highest BCUT2D eigenvalue weighted by molar-refractivity contribution is 5.85. The van der Waals surface area contributed by atoms with Crippen LogP contribution in [-0.4, -0.2) is 25.8 Å². The normalized spacial score (nSPS) is 10.8. The molecule has 0 heterocycles. The molecule has 0 aliphatic rings. The fourth-order valence-corrected chi connectivity index (χ4v) is 2.34. The number of benzene rings is 3. The van der Waals surface area contributed by atoms with Gasteiger partial charge in [0.25, 0.3) is 5.91 Å². The largest absolute Gasteiger partial charge is 0.497 e. The Bertz CT molecular complexity index is 906. The summed E-state index contributed by atoms with van der Waals surface area (Å²) in [4.78, 5) is 11.8. The Morgan fingerprint density at radius 3 is 2.68 bits per heavy atom. The number of hydrogen-bond donors (Lipinski definition) is 1. The molecule has 0 fully saturated rings. The first kappa shape index (κ1) is 16.5. The van der Waals surface area contributed by atoms with Gasteiger partial charge in [0.2, 0.25) is 0 Å². The Hall–Kier alpha value is -3.34. The molecule has 0 saturated heterocycles. The van der Waals surface area contributed by atoms with E-state index in [0.717, 1.165) is 22.1 Å². The lowest BCUT2D eigenvalue weighted by Gasteiger charge is -2.06. The molecule has 1 amide bonds. The van der Waals surface area contributed by atoms with Crippen molar-refractivity contribution in [1.29, 1.82) is 0 Å². The standard InChI is InChI=1S/C20H18N2O3/c1-24-18-8-4-5-15(11-18)13-21-22-20(23)14-25-19-10-9-16-6-2-3-7-17(16)12-19/h2-13H,14H2,1H3,(H,22,23). The lowest BCUT2D eigenvalue weighted by atomic mass is 10.1. The first-order valence-electron chi connectivity index (χ1n) is 7.82. The molecule has 0 unspecified atom stereocenters. The van der Waals surface area contributed by atoms with E-state index in [1.165, 1.54) is 0 Å². The van der Waals surface area contributed by atoms with Gasteiger partial charge in [-0.3, -0.25) is 4.79 Å². The van der Waals surface area contributed by atoms with Crippen molar-refractivity contribution in [2.75, 3.05) is 13.7 Å². The number of hydrogen-bond acceptors (Lipinski definition) is 4. The van der Waals surface area contributed by atoms with E-state index in [-0.39, 0.29) is 12.5 Å². The summed E-state index contributed by atoms with van der Waals surface area (Å²) >= 11 is 0. The van der Waals surface area contributed by atoms with Crippen LogP contribution in [0.5, 0.6) is 11.5 Å². The second-order valence-electron chi connectivity index (χ2n) is 5.37. The van der Waals surface area contributed by atoms with Crippen LogP contribution in [0.1, 0.15) is 5.56 Å². The van der Waals surface area contributed by atoms with Crippen LogP contribution in [0.15, 0.2) is 71.8 Å². The van der Waals surface area contributed by atoms with Gasteiger partial charge in [0.05, 0.1) is 13.3 Å². The Kier molecular flexibility index (Phi) is 5.26. The van der Waals surface area contributed by atoms with E-state index in [4.69, 9.17) is 9.47 Å². The molecule has 0 spiro atoms. The van der Waals surface area contributed by atoms with Crippen molar-refractivity contribution in [3.8, 4) is 11.5 Å². The number of rotatable bonds is 6. The van der Waals surface area contributed by atoms with Crippen molar-refractivity contribution in [2.24, 2.45) is 5.10 Å². The molecule has 25 heavy (non-hydrogen) atoms. The third-order valence-corrected chi connectivity index (χ3v) is 3.59. The zero-order valence-electron chi connectivity index (χ0n) is 13.8. The number of nitrogens with zero attached hydrogens (tertiary/aromatic N) is 1. The zero-order valence-corrected chi connectivity index (χ0v) is 13.8. The highest BCUT2D eigenvalue weighted by atomic mass is 16.5. The van der Waals surface area contributed by atoms with E-state index in [1.54, 1.807) is 13.3 Å². The van der Waals surface area contributed by atoms with E-state index in [2.05, 4.69) is 10.5 Å². The average Bonchev–Trinajstić information content (AvgIpc) is 2.66. The molecule has 0 aliphatic heterocycles. The van der Waals surface area contributed by atoms with Crippen LogP contribution in [0.25, 0.3) is 10.8 Å². The predicted molar refractivity (Wildman–Crippen MR) is 98.2 cm³/mol. The fourth-order valence-electron chi connectivity index (χ4n) is 2.34. The highest BCUT2D eigenvalue weighted by Crippen LogP contribution is 2.20. The molecule has 3 aromatic carbocycles. The lowest BCUT2D eigenvalue weighted by Crippen LogP contribution is -2.24. The SMILES string of the molecule is COc1cccc(C=NNC(=O)COc2ccc3ccccc3c2)c1. The molecule has 3 aromatic rings. The Morgan fingerprint density at radius 1 is 1.00 bits per heavy atom. The zero-order chi connectivity index (χ0) is 17.5. The maximum Gasteiger partial charge on any atom is 0.277 e. The summed E-state index contributed by atoms with van der Waals surface area (Å²) in [5, 5.41) is 6.11. The Balaban J connectivity index is 1.52. The molecule has 0 saturated carbocycles. The van der Waals surface area contributed by atoms with E-state index in [1.807, 2.05) is 66.7 Å². The number of carbonyl (C=O) groups is 1. The van der Waals surface area contributed by atoms with Gasteiger partial charge in [-0.1, -0.05) is 42.5 Å². The van der Waals surface area contributed by atoms with Crippen LogP contribution < -0.4 is 14.9 Å². The maximum absolute atomic E-state index is 11.8. The van der Waals surface area contributed by atoms with Crippen molar-refractivity contribution < 1.29 is 14.3 Å². The lowest BCUT2D eigenvalue weighted by molar-refractivity contribution is -0.123. The molecular formula is C20H18N2O3. The molecule has 0 radical (unpaired) electrons. The summed E-state index contributed by atoms with van der Waals surface area (Å²) in [5.74, 6) is 1.05. The number of hydrazone groups is 1.